The summed E-state index contributed by atoms with van der Waals surface area (Å²) in [6.07, 6.45) is -0.233. The number of para-hydroxylation sites is 1. The Kier molecular flexibility index (Phi) is 8.36. The van der Waals surface area contributed by atoms with Crippen LogP contribution >= 0.6 is 0 Å². The normalized spacial score (nSPS) is 18.9. The van der Waals surface area contributed by atoms with Gasteiger partial charge in [0.25, 0.3) is 5.91 Å². The summed E-state index contributed by atoms with van der Waals surface area (Å²) in [5.41, 5.74) is 1.33. The van der Waals surface area contributed by atoms with Crippen LogP contribution in [0.3, 0.4) is 0 Å². The number of aliphatic hydroxyl groups is 1. The number of nitrogens with one attached hydrogen (secondary N) is 2. The lowest BCUT2D eigenvalue weighted by Gasteiger charge is -2.38. The summed E-state index contributed by atoms with van der Waals surface area (Å²) in [6.45, 7) is 4.78. The first-order valence-electron chi connectivity index (χ1n) is 11.3. The van der Waals surface area contributed by atoms with Gasteiger partial charge in [-0.15, -0.1) is 0 Å². The molecule has 0 saturated heterocycles. The van der Waals surface area contributed by atoms with Crippen LogP contribution in [0.4, 0.5) is 16.2 Å². The second kappa shape index (κ2) is 11.2. The molecule has 1 heterocycles. The molecule has 0 bridgehead atoms. The number of nitrogens with zero attached hydrogens (tertiary/aromatic N) is 2. The number of fused-ring (bicyclic) bond motifs is 1. The van der Waals surface area contributed by atoms with Gasteiger partial charge in [-0.05, 0) is 57.4 Å². The molecule has 0 aromatic heterocycles. The third-order valence-electron chi connectivity index (χ3n) is 5.83. The van der Waals surface area contributed by atoms with Crippen LogP contribution in [0.15, 0.2) is 42.5 Å². The number of hydrogen-bond donors (Lipinski definition) is 3. The summed E-state index contributed by atoms with van der Waals surface area (Å²) in [5.74, 6) is 0.761. The maximum Gasteiger partial charge on any atom is 0.323 e. The lowest BCUT2D eigenvalue weighted by atomic mass is 9.99. The van der Waals surface area contributed by atoms with Crippen LogP contribution in [-0.4, -0.2) is 79.9 Å². The maximum atomic E-state index is 13.4. The van der Waals surface area contributed by atoms with E-state index in [9.17, 15) is 14.7 Å². The van der Waals surface area contributed by atoms with Crippen molar-refractivity contribution in [2.75, 3.05) is 51.5 Å². The number of benzene rings is 2. The van der Waals surface area contributed by atoms with Crippen molar-refractivity contribution in [1.82, 2.24) is 9.80 Å². The Morgan fingerprint density at radius 2 is 1.94 bits per heavy atom. The number of likely N-dealkylation sites (N-methyl/N-ethyl adjacent to an activating group) is 1. The Labute approximate surface area is 200 Å². The number of carbonyl (C=O) groups is 2. The van der Waals surface area contributed by atoms with E-state index in [2.05, 4.69) is 10.6 Å². The number of hydrogen-bond acceptors (Lipinski definition) is 6. The molecular weight excluding hydrogens is 436 g/mol. The van der Waals surface area contributed by atoms with Gasteiger partial charge in [-0.2, -0.15) is 0 Å². The topological polar surface area (TPSA) is 103 Å². The lowest BCUT2D eigenvalue weighted by Crippen LogP contribution is -2.49. The number of urea groups is 1. The third kappa shape index (κ3) is 5.98. The Hall–Kier alpha value is -3.30. The molecule has 1 aliphatic rings. The van der Waals surface area contributed by atoms with Crippen LogP contribution in [0.25, 0.3) is 0 Å². The van der Waals surface area contributed by atoms with E-state index < -0.39 is 6.03 Å². The number of rotatable bonds is 7. The van der Waals surface area contributed by atoms with E-state index in [4.69, 9.17) is 9.47 Å². The van der Waals surface area contributed by atoms with Crippen molar-refractivity contribution in [2.45, 2.75) is 26.0 Å². The van der Waals surface area contributed by atoms with Gasteiger partial charge in [0.2, 0.25) is 0 Å². The van der Waals surface area contributed by atoms with Gasteiger partial charge in [0.1, 0.15) is 11.9 Å². The largest absolute Gasteiger partial charge is 0.497 e. The van der Waals surface area contributed by atoms with Crippen molar-refractivity contribution in [3.63, 3.8) is 0 Å². The van der Waals surface area contributed by atoms with Crippen LogP contribution in [0.1, 0.15) is 24.2 Å². The molecule has 0 radical (unpaired) electrons. The molecule has 0 spiro atoms. The fourth-order valence-electron chi connectivity index (χ4n) is 3.88. The summed E-state index contributed by atoms with van der Waals surface area (Å²) < 4.78 is 11.5. The number of aliphatic hydroxyl groups excluding tert-OH is 1. The van der Waals surface area contributed by atoms with Gasteiger partial charge in [-0.25, -0.2) is 4.79 Å². The number of methoxy groups -OCH3 is 1. The Bertz CT molecular complexity index is 995. The van der Waals surface area contributed by atoms with E-state index in [1.807, 2.05) is 32.8 Å². The molecule has 0 aliphatic carbocycles. The first-order valence-corrected chi connectivity index (χ1v) is 11.3. The highest BCUT2D eigenvalue weighted by Crippen LogP contribution is 2.35. The number of ether oxygens (including phenoxy) is 2. The van der Waals surface area contributed by atoms with E-state index in [-0.39, 0.29) is 30.6 Å². The van der Waals surface area contributed by atoms with Crippen molar-refractivity contribution < 1.29 is 24.2 Å². The van der Waals surface area contributed by atoms with Crippen LogP contribution in [0, 0.1) is 5.92 Å². The van der Waals surface area contributed by atoms with Crippen molar-refractivity contribution in [2.24, 2.45) is 5.92 Å². The zero-order valence-corrected chi connectivity index (χ0v) is 20.4. The molecule has 0 saturated carbocycles. The molecule has 3 rings (SSSR count). The number of anilines is 2. The summed E-state index contributed by atoms with van der Waals surface area (Å²) in [6, 6.07) is 11.2. The number of amides is 3. The molecular formula is C25H34N4O5. The zero-order chi connectivity index (χ0) is 24.8. The summed E-state index contributed by atoms with van der Waals surface area (Å²) in [5, 5.41) is 15.4. The first-order chi connectivity index (χ1) is 16.2. The minimum absolute atomic E-state index is 0.00492. The van der Waals surface area contributed by atoms with E-state index >= 15 is 0 Å². The molecule has 184 valence electrons. The maximum absolute atomic E-state index is 13.4. The average Bonchev–Trinajstić information content (AvgIpc) is 2.81. The summed E-state index contributed by atoms with van der Waals surface area (Å²) in [7, 11) is 5.50. The molecule has 2 aromatic rings. The van der Waals surface area contributed by atoms with Gasteiger partial charge in [-0.3, -0.25) is 4.79 Å². The SMILES string of the molecule is COc1ccc(NC(=O)Nc2cccc3c2O[C@H](CN(C)C)[C@H](C)CN([C@@H](C)CO)C3=O)cc1. The lowest BCUT2D eigenvalue weighted by molar-refractivity contribution is 0.0365. The predicted molar refractivity (Wildman–Crippen MR) is 132 cm³/mol. The minimum atomic E-state index is -0.463. The van der Waals surface area contributed by atoms with Gasteiger partial charge < -0.3 is 35.0 Å². The number of carbonyl (C=O) groups excluding carboxylic acids is 2. The van der Waals surface area contributed by atoms with Gasteiger partial charge in [0, 0.05) is 24.7 Å². The molecule has 9 nitrogen and oxygen atoms in total. The van der Waals surface area contributed by atoms with Gasteiger partial charge in [0.15, 0.2) is 5.75 Å². The van der Waals surface area contributed by atoms with Crippen molar-refractivity contribution in [1.29, 1.82) is 0 Å². The van der Waals surface area contributed by atoms with Crippen molar-refractivity contribution in [3.05, 3.63) is 48.0 Å². The highest BCUT2D eigenvalue weighted by molar-refractivity contribution is 6.04. The Morgan fingerprint density at radius 1 is 1.24 bits per heavy atom. The third-order valence-corrected chi connectivity index (χ3v) is 5.83. The highest BCUT2D eigenvalue weighted by atomic mass is 16.5. The van der Waals surface area contributed by atoms with Crippen molar-refractivity contribution >= 4 is 23.3 Å². The molecule has 3 N–H and O–H groups in total. The molecule has 9 heteroatoms. The minimum Gasteiger partial charge on any atom is -0.497 e. The van der Waals surface area contributed by atoms with Crippen LogP contribution in [0.5, 0.6) is 11.5 Å². The molecule has 3 amide bonds. The zero-order valence-electron chi connectivity index (χ0n) is 20.4. The Morgan fingerprint density at radius 3 is 2.56 bits per heavy atom. The van der Waals surface area contributed by atoms with Gasteiger partial charge in [0.05, 0.1) is 31.0 Å². The second-order valence-corrected chi connectivity index (χ2v) is 8.87. The first kappa shape index (κ1) is 25.3. The average molecular weight is 471 g/mol. The molecule has 34 heavy (non-hydrogen) atoms. The monoisotopic (exact) mass is 470 g/mol. The summed E-state index contributed by atoms with van der Waals surface area (Å²) >= 11 is 0. The highest BCUT2D eigenvalue weighted by Gasteiger charge is 2.34. The van der Waals surface area contributed by atoms with E-state index in [0.29, 0.717) is 41.5 Å². The quantitative estimate of drug-likeness (QED) is 0.575. The van der Waals surface area contributed by atoms with E-state index in [1.54, 1.807) is 54.5 Å². The smallest absolute Gasteiger partial charge is 0.323 e. The fourth-order valence-corrected chi connectivity index (χ4v) is 3.88. The van der Waals surface area contributed by atoms with Crippen LogP contribution in [-0.2, 0) is 0 Å². The second-order valence-electron chi connectivity index (χ2n) is 8.87. The van der Waals surface area contributed by atoms with E-state index in [0.717, 1.165) is 0 Å². The summed E-state index contributed by atoms with van der Waals surface area (Å²) in [4.78, 5) is 29.9. The molecule has 3 atom stereocenters. The van der Waals surface area contributed by atoms with Crippen molar-refractivity contribution in [3.8, 4) is 11.5 Å². The molecule has 1 aliphatic heterocycles. The Balaban J connectivity index is 1.93. The van der Waals surface area contributed by atoms with Crippen LogP contribution < -0.4 is 20.1 Å². The van der Waals surface area contributed by atoms with Gasteiger partial charge in [-0.1, -0.05) is 13.0 Å². The standard InChI is InChI=1S/C25H34N4O5/c1-16-13-29(17(2)15-30)24(31)20-7-6-8-21(23(20)34-22(16)14-28(3)4)27-25(32)26-18-9-11-19(33-5)12-10-18/h6-12,16-17,22,30H,13-15H2,1-5H3,(H2,26,27,32)/t16-,17+,22-/m1/s1. The van der Waals surface area contributed by atoms with Crippen LogP contribution in [0.2, 0.25) is 0 Å². The molecule has 2 aromatic carbocycles. The fraction of sp³-hybridized carbons (Fsp3) is 0.440. The van der Waals surface area contributed by atoms with E-state index in [1.165, 1.54) is 0 Å². The van der Waals surface area contributed by atoms with Gasteiger partial charge >= 0.3 is 6.03 Å². The molecule has 0 fully saturated rings. The molecule has 0 unspecified atom stereocenters. The predicted octanol–water partition coefficient (Wildman–Crippen LogP) is 3.12.